The molecule has 0 heterocycles. The lowest BCUT2D eigenvalue weighted by molar-refractivity contribution is 0.550. The van der Waals surface area contributed by atoms with Crippen LogP contribution in [0.4, 0.5) is 17.1 Å². The molecule has 1 nitrogen and oxygen atoms in total. The number of fused-ring (bicyclic) bond motifs is 11. The van der Waals surface area contributed by atoms with E-state index in [0.29, 0.717) is 0 Å². The van der Waals surface area contributed by atoms with Gasteiger partial charge in [0.05, 0.1) is 0 Å². The van der Waals surface area contributed by atoms with Crippen molar-refractivity contribution in [1.29, 1.82) is 0 Å². The molecule has 9 aromatic carbocycles. The number of hydrogen-bond acceptors (Lipinski definition) is 1. The first-order chi connectivity index (χ1) is 29.0. The molecule has 1 fully saturated rings. The van der Waals surface area contributed by atoms with E-state index in [9.17, 15) is 0 Å². The Hall–Kier alpha value is -6.70. The molecule has 3 aliphatic carbocycles. The molecule has 0 unspecified atom stereocenters. The Morgan fingerprint density at radius 2 is 0.915 bits per heavy atom. The van der Waals surface area contributed by atoms with Crippen molar-refractivity contribution >= 4 is 38.6 Å². The Kier molecular flexibility index (Phi) is 7.51. The predicted octanol–water partition coefficient (Wildman–Crippen LogP) is 15.9. The Morgan fingerprint density at radius 1 is 0.373 bits per heavy atom. The van der Waals surface area contributed by atoms with E-state index < -0.39 is 0 Å². The van der Waals surface area contributed by atoms with Crippen LogP contribution in [0.2, 0.25) is 0 Å². The molecule has 9 aromatic rings. The molecule has 0 N–H and O–H groups in total. The molecule has 0 aliphatic heterocycles. The van der Waals surface area contributed by atoms with E-state index in [1.54, 1.807) is 0 Å². The largest absolute Gasteiger partial charge is 0.310 e. The second-order valence-corrected chi connectivity index (χ2v) is 17.6. The molecular weight excluding hydrogens is 711 g/mol. The van der Waals surface area contributed by atoms with Gasteiger partial charge in [0.25, 0.3) is 0 Å². The average Bonchev–Trinajstić information content (AvgIpc) is 3.96. The lowest BCUT2D eigenvalue weighted by atomic mass is 9.76. The third-order valence-electron chi connectivity index (χ3n) is 14.2. The molecule has 0 saturated heterocycles. The van der Waals surface area contributed by atoms with Crippen molar-refractivity contribution in [3.05, 3.63) is 210 Å². The fourth-order valence-corrected chi connectivity index (χ4v) is 11.5. The van der Waals surface area contributed by atoms with Crippen molar-refractivity contribution < 1.29 is 0 Å². The number of rotatable bonds is 5. The van der Waals surface area contributed by atoms with Gasteiger partial charge in [0.1, 0.15) is 0 Å². The molecule has 1 spiro atoms. The maximum absolute atomic E-state index is 2.53. The van der Waals surface area contributed by atoms with Crippen LogP contribution in [-0.4, -0.2) is 0 Å². The minimum absolute atomic E-state index is 0.0790. The maximum atomic E-state index is 2.53. The molecule has 0 atom stereocenters. The van der Waals surface area contributed by atoms with Gasteiger partial charge in [-0.1, -0.05) is 178 Å². The van der Waals surface area contributed by atoms with Crippen molar-refractivity contribution in [2.45, 2.75) is 50.4 Å². The van der Waals surface area contributed by atoms with Crippen LogP contribution in [0.3, 0.4) is 0 Å². The summed E-state index contributed by atoms with van der Waals surface area (Å²) in [5.74, 6) is 0. The zero-order chi connectivity index (χ0) is 39.3. The fourth-order valence-electron chi connectivity index (χ4n) is 11.5. The van der Waals surface area contributed by atoms with Gasteiger partial charge in [0, 0.05) is 27.9 Å². The van der Waals surface area contributed by atoms with E-state index in [4.69, 9.17) is 0 Å². The van der Waals surface area contributed by atoms with Crippen LogP contribution in [0.25, 0.3) is 66.1 Å². The highest BCUT2D eigenvalue weighted by molar-refractivity contribution is 6.12. The Bertz CT molecular complexity index is 3120. The van der Waals surface area contributed by atoms with Crippen molar-refractivity contribution in [3.63, 3.8) is 0 Å². The minimum atomic E-state index is -0.0790. The van der Waals surface area contributed by atoms with Gasteiger partial charge < -0.3 is 4.90 Å². The normalized spacial score (nSPS) is 15.3. The summed E-state index contributed by atoms with van der Waals surface area (Å²) >= 11 is 0. The quantitative estimate of drug-likeness (QED) is 0.158. The fraction of sp³-hybridized carbons (Fsp3) is 0.138. The summed E-state index contributed by atoms with van der Waals surface area (Å²) in [4.78, 5) is 2.48. The number of nitrogens with zero attached hydrogens (tertiary/aromatic N) is 1. The van der Waals surface area contributed by atoms with Crippen molar-refractivity contribution in [2.24, 2.45) is 0 Å². The Balaban J connectivity index is 0.987. The molecule has 0 radical (unpaired) electrons. The number of benzene rings is 9. The van der Waals surface area contributed by atoms with Gasteiger partial charge >= 0.3 is 0 Å². The summed E-state index contributed by atoms with van der Waals surface area (Å²) in [5, 5.41) is 5.15. The molecule has 1 heteroatoms. The Labute approximate surface area is 347 Å². The van der Waals surface area contributed by atoms with Gasteiger partial charge in [-0.25, -0.2) is 0 Å². The summed E-state index contributed by atoms with van der Waals surface area (Å²) in [6.45, 7) is 4.76. The van der Waals surface area contributed by atoms with Gasteiger partial charge in [0.2, 0.25) is 0 Å². The highest BCUT2D eigenvalue weighted by Gasteiger charge is 2.45. The zero-order valence-electron chi connectivity index (χ0n) is 33.7. The van der Waals surface area contributed by atoms with Crippen molar-refractivity contribution in [3.8, 4) is 44.5 Å². The van der Waals surface area contributed by atoms with Crippen LogP contribution in [0.1, 0.15) is 61.8 Å². The van der Waals surface area contributed by atoms with E-state index in [1.165, 1.54) is 120 Å². The van der Waals surface area contributed by atoms with E-state index in [2.05, 4.69) is 207 Å². The molecule has 0 amide bonds. The second-order valence-electron chi connectivity index (χ2n) is 17.6. The summed E-state index contributed by atoms with van der Waals surface area (Å²) in [6.07, 6.45) is 4.98. The second kappa shape index (κ2) is 12.9. The van der Waals surface area contributed by atoms with Crippen LogP contribution >= 0.6 is 0 Å². The molecule has 0 bridgehead atoms. The summed E-state index contributed by atoms with van der Waals surface area (Å²) in [7, 11) is 0. The van der Waals surface area contributed by atoms with Crippen LogP contribution < -0.4 is 4.90 Å². The monoisotopic (exact) mass is 755 g/mol. The lowest BCUT2D eigenvalue weighted by Crippen LogP contribution is -2.21. The van der Waals surface area contributed by atoms with E-state index in [1.807, 2.05) is 0 Å². The van der Waals surface area contributed by atoms with Gasteiger partial charge in [-0.05, 0) is 138 Å². The molecular formula is C58H45N. The van der Waals surface area contributed by atoms with E-state index in [0.717, 1.165) is 11.4 Å². The molecule has 0 aromatic heterocycles. The van der Waals surface area contributed by atoms with Crippen LogP contribution in [0, 0.1) is 0 Å². The van der Waals surface area contributed by atoms with Crippen LogP contribution in [0.15, 0.2) is 188 Å². The minimum Gasteiger partial charge on any atom is -0.310 e. The van der Waals surface area contributed by atoms with E-state index in [-0.39, 0.29) is 10.8 Å². The maximum Gasteiger partial charge on any atom is 0.0465 e. The number of hydrogen-bond donors (Lipinski definition) is 0. The van der Waals surface area contributed by atoms with Crippen molar-refractivity contribution in [2.75, 3.05) is 4.90 Å². The predicted molar refractivity (Wildman–Crippen MR) is 249 cm³/mol. The van der Waals surface area contributed by atoms with Gasteiger partial charge in [-0.15, -0.1) is 0 Å². The highest BCUT2D eigenvalue weighted by atomic mass is 15.1. The topological polar surface area (TPSA) is 3.24 Å². The molecule has 3 aliphatic rings. The van der Waals surface area contributed by atoms with Gasteiger partial charge in [0.15, 0.2) is 0 Å². The number of anilines is 3. The van der Waals surface area contributed by atoms with E-state index >= 15 is 0 Å². The SMILES string of the molecule is CC1(C)c2ccccc2-c2cccc(-c3ccc(N(c4ccc(-c5cccc6c5ccc5ccccc56)cc4)c4ccc5c(c4)C4(CCCC4)c4ccccc4-5)cc3)c21. The molecule has 12 rings (SSSR count). The molecule has 59 heavy (non-hydrogen) atoms. The zero-order valence-corrected chi connectivity index (χ0v) is 33.7. The first-order valence-electron chi connectivity index (χ1n) is 21.4. The first-order valence-corrected chi connectivity index (χ1v) is 21.4. The summed E-state index contributed by atoms with van der Waals surface area (Å²) in [6, 6.07) is 70.8. The van der Waals surface area contributed by atoms with Gasteiger partial charge in [-0.3, -0.25) is 0 Å². The summed E-state index contributed by atoms with van der Waals surface area (Å²) < 4.78 is 0. The first kappa shape index (κ1) is 34.4. The standard InChI is InChI=1S/C58H45N/c1-57(2)53-21-7-5-16-50(53)52-20-12-18-46(56(52)57)40-25-30-42(31-26-40)59(43-32-34-51-49-15-6-8-22-54(49)58(55(51)37-43)35-9-10-36-58)41-28-23-39(24-29-41)45-17-11-19-47-44-14-4-3-13-38(44)27-33-48(45)47/h3-8,11-34,37H,9-10,35-36H2,1-2H3. The third kappa shape index (κ3) is 5.04. The Morgan fingerprint density at radius 3 is 1.68 bits per heavy atom. The van der Waals surface area contributed by atoms with Gasteiger partial charge in [-0.2, -0.15) is 0 Å². The smallest absolute Gasteiger partial charge is 0.0465 e. The van der Waals surface area contributed by atoms with Crippen molar-refractivity contribution in [1.82, 2.24) is 0 Å². The van der Waals surface area contributed by atoms with Crippen LogP contribution in [-0.2, 0) is 10.8 Å². The lowest BCUT2D eigenvalue weighted by Gasteiger charge is -2.30. The summed E-state index contributed by atoms with van der Waals surface area (Å²) in [5.41, 5.74) is 20.0. The third-order valence-corrected chi connectivity index (χ3v) is 14.2. The molecule has 1 saturated carbocycles. The van der Waals surface area contributed by atoms with Crippen LogP contribution in [0.5, 0.6) is 0 Å². The average molecular weight is 756 g/mol. The molecule has 282 valence electrons. The highest BCUT2D eigenvalue weighted by Crippen LogP contribution is 2.58.